The number of nitrogens with zero attached hydrogens (tertiary/aromatic N) is 6. The van der Waals surface area contributed by atoms with Crippen molar-refractivity contribution in [3.8, 4) is 11.5 Å². The van der Waals surface area contributed by atoms with Crippen LogP contribution >= 0.6 is 0 Å². The van der Waals surface area contributed by atoms with Gasteiger partial charge < -0.3 is 19.3 Å². The Bertz CT molecular complexity index is 1400. The van der Waals surface area contributed by atoms with Crippen molar-refractivity contribution in [1.29, 1.82) is 0 Å². The average Bonchev–Trinajstić information content (AvgIpc) is 3.44. The third-order valence-electron chi connectivity index (χ3n) is 6.46. The van der Waals surface area contributed by atoms with Gasteiger partial charge in [0.25, 0.3) is 5.91 Å². The molecule has 0 atom stereocenters. The first-order valence-corrected chi connectivity index (χ1v) is 11.7. The van der Waals surface area contributed by atoms with Gasteiger partial charge in [-0.15, -0.1) is 10.2 Å². The van der Waals surface area contributed by atoms with Gasteiger partial charge in [0.1, 0.15) is 5.82 Å². The summed E-state index contributed by atoms with van der Waals surface area (Å²) in [7, 11) is 0. The molecule has 0 bridgehead atoms. The van der Waals surface area contributed by atoms with Gasteiger partial charge in [0, 0.05) is 43.0 Å². The lowest BCUT2D eigenvalue weighted by molar-refractivity contribution is 0.0766. The topological polar surface area (TPSA) is 85.1 Å². The maximum atomic E-state index is 13.3. The van der Waals surface area contributed by atoms with Crippen LogP contribution in [0.5, 0.6) is 11.5 Å². The van der Waals surface area contributed by atoms with Crippen LogP contribution in [-0.2, 0) is 0 Å². The quantitative estimate of drug-likeness (QED) is 0.465. The number of ether oxygens (including phenoxy) is 2. The molecule has 0 spiro atoms. The number of carbonyl (C=O) groups is 1. The lowest BCUT2D eigenvalue weighted by atomic mass is 10.1. The Labute approximate surface area is 196 Å². The van der Waals surface area contributed by atoms with Crippen LogP contribution in [0.2, 0.25) is 0 Å². The van der Waals surface area contributed by atoms with E-state index in [2.05, 4.69) is 33.3 Å². The SMILES string of the molecule is CC(C)c1nnc2c3ccccc3nc(N3CCCN(C(=O)c4ccc5c(c4)OCO5)CC3)n12. The van der Waals surface area contributed by atoms with Gasteiger partial charge in [-0.1, -0.05) is 26.0 Å². The van der Waals surface area contributed by atoms with Gasteiger partial charge in [0.2, 0.25) is 12.7 Å². The zero-order valence-electron chi connectivity index (χ0n) is 19.3. The highest BCUT2D eigenvalue weighted by Crippen LogP contribution is 2.33. The largest absolute Gasteiger partial charge is 0.454 e. The number of hydrogen-bond donors (Lipinski definition) is 0. The van der Waals surface area contributed by atoms with Crippen molar-refractivity contribution in [2.45, 2.75) is 26.2 Å². The number of carbonyl (C=O) groups excluding carboxylic acids is 1. The molecule has 1 amide bonds. The molecule has 0 aliphatic carbocycles. The molecule has 2 aliphatic rings. The Balaban J connectivity index is 1.32. The van der Waals surface area contributed by atoms with E-state index in [4.69, 9.17) is 14.5 Å². The molecule has 0 radical (unpaired) electrons. The van der Waals surface area contributed by atoms with Crippen LogP contribution in [0.4, 0.5) is 5.95 Å². The van der Waals surface area contributed by atoms with E-state index in [0.717, 1.165) is 41.3 Å². The molecule has 9 heteroatoms. The Kier molecular flexibility index (Phi) is 4.97. The summed E-state index contributed by atoms with van der Waals surface area (Å²) in [6.45, 7) is 7.17. The summed E-state index contributed by atoms with van der Waals surface area (Å²) in [6, 6.07) is 13.4. The Morgan fingerprint density at radius 1 is 0.971 bits per heavy atom. The van der Waals surface area contributed by atoms with Crippen LogP contribution in [0.15, 0.2) is 42.5 Å². The third kappa shape index (κ3) is 3.39. The van der Waals surface area contributed by atoms with E-state index in [9.17, 15) is 4.79 Å². The fraction of sp³-hybridized carbons (Fsp3) is 0.360. The molecular weight excluding hydrogens is 432 g/mol. The number of amides is 1. The highest BCUT2D eigenvalue weighted by molar-refractivity contribution is 5.95. The third-order valence-corrected chi connectivity index (χ3v) is 6.46. The van der Waals surface area contributed by atoms with Crippen LogP contribution in [-0.4, -0.2) is 63.4 Å². The van der Waals surface area contributed by atoms with Crippen molar-refractivity contribution >= 4 is 28.4 Å². The van der Waals surface area contributed by atoms with E-state index in [-0.39, 0.29) is 18.6 Å². The summed E-state index contributed by atoms with van der Waals surface area (Å²) in [4.78, 5) is 22.4. The Hall–Kier alpha value is -3.88. The molecule has 1 fully saturated rings. The number of anilines is 1. The molecule has 4 heterocycles. The second kappa shape index (κ2) is 8.16. The van der Waals surface area contributed by atoms with Crippen LogP contribution in [0.25, 0.3) is 16.6 Å². The maximum Gasteiger partial charge on any atom is 0.254 e. The molecule has 174 valence electrons. The number of hydrogen-bond acceptors (Lipinski definition) is 7. The zero-order chi connectivity index (χ0) is 23.2. The van der Waals surface area contributed by atoms with E-state index >= 15 is 0 Å². The van der Waals surface area contributed by atoms with Gasteiger partial charge in [0.05, 0.1) is 5.52 Å². The number of rotatable bonds is 3. The summed E-state index contributed by atoms with van der Waals surface area (Å²) < 4.78 is 12.9. The van der Waals surface area contributed by atoms with Crippen molar-refractivity contribution in [3.63, 3.8) is 0 Å². The van der Waals surface area contributed by atoms with Gasteiger partial charge in [-0.25, -0.2) is 9.38 Å². The second-order valence-electron chi connectivity index (χ2n) is 9.00. The predicted octanol–water partition coefficient (Wildman–Crippen LogP) is 3.48. The monoisotopic (exact) mass is 458 g/mol. The van der Waals surface area contributed by atoms with Crippen LogP contribution in [0.3, 0.4) is 0 Å². The van der Waals surface area contributed by atoms with Gasteiger partial charge >= 0.3 is 0 Å². The Morgan fingerprint density at radius 3 is 2.71 bits per heavy atom. The van der Waals surface area contributed by atoms with Crippen LogP contribution in [0.1, 0.15) is 42.4 Å². The first-order valence-electron chi connectivity index (χ1n) is 11.7. The first-order chi connectivity index (χ1) is 16.6. The molecule has 2 aromatic heterocycles. The summed E-state index contributed by atoms with van der Waals surface area (Å²) in [6.07, 6.45) is 0.839. The molecule has 6 rings (SSSR count). The standard InChI is InChI=1S/C25H26N6O3/c1-16(2)22-27-28-23-18-6-3-4-7-19(18)26-25(31(22)23)30-11-5-10-29(12-13-30)24(32)17-8-9-20-21(14-17)34-15-33-20/h3-4,6-9,14,16H,5,10-13,15H2,1-2H3. The van der Waals surface area contributed by atoms with Gasteiger partial charge in [-0.05, 0) is 36.8 Å². The second-order valence-corrected chi connectivity index (χ2v) is 9.00. The van der Waals surface area contributed by atoms with Crippen LogP contribution < -0.4 is 14.4 Å². The minimum absolute atomic E-state index is 0.00364. The van der Waals surface area contributed by atoms with E-state index in [1.807, 2.05) is 29.2 Å². The molecule has 0 unspecified atom stereocenters. The molecule has 4 aromatic rings. The highest BCUT2D eigenvalue weighted by atomic mass is 16.7. The van der Waals surface area contributed by atoms with Crippen molar-refractivity contribution in [2.24, 2.45) is 0 Å². The lowest BCUT2D eigenvalue weighted by Gasteiger charge is -2.24. The van der Waals surface area contributed by atoms with Gasteiger partial charge in [-0.3, -0.25) is 4.79 Å². The zero-order valence-corrected chi connectivity index (χ0v) is 19.3. The number of aromatic nitrogens is 4. The summed E-state index contributed by atoms with van der Waals surface area (Å²) in [5.74, 6) is 3.23. The smallest absolute Gasteiger partial charge is 0.254 e. The minimum Gasteiger partial charge on any atom is -0.454 e. The van der Waals surface area contributed by atoms with E-state index in [1.165, 1.54) is 0 Å². The highest BCUT2D eigenvalue weighted by Gasteiger charge is 2.26. The summed E-state index contributed by atoms with van der Waals surface area (Å²) >= 11 is 0. The lowest BCUT2D eigenvalue weighted by Crippen LogP contribution is -2.36. The van der Waals surface area contributed by atoms with E-state index in [0.29, 0.717) is 36.7 Å². The van der Waals surface area contributed by atoms with E-state index < -0.39 is 0 Å². The first kappa shape index (κ1) is 20.7. The summed E-state index contributed by atoms with van der Waals surface area (Å²) in [5, 5.41) is 10.00. The number of fused-ring (bicyclic) bond motifs is 4. The molecule has 2 aromatic carbocycles. The number of para-hydroxylation sites is 1. The minimum atomic E-state index is 0.00364. The summed E-state index contributed by atoms with van der Waals surface area (Å²) in [5.41, 5.74) is 2.33. The molecule has 1 saturated heterocycles. The van der Waals surface area contributed by atoms with Crippen molar-refractivity contribution in [2.75, 3.05) is 37.9 Å². The van der Waals surface area contributed by atoms with Gasteiger partial charge in [0.15, 0.2) is 17.1 Å². The molecule has 0 saturated carbocycles. The molecular formula is C25H26N6O3. The molecule has 9 nitrogen and oxygen atoms in total. The molecule has 2 aliphatic heterocycles. The van der Waals surface area contributed by atoms with Crippen molar-refractivity contribution in [3.05, 3.63) is 53.9 Å². The fourth-order valence-electron chi connectivity index (χ4n) is 4.70. The fourth-order valence-corrected chi connectivity index (χ4v) is 4.70. The Morgan fingerprint density at radius 2 is 1.82 bits per heavy atom. The average molecular weight is 459 g/mol. The predicted molar refractivity (Wildman–Crippen MR) is 128 cm³/mol. The normalized spacial score (nSPS) is 16.0. The molecule has 0 N–H and O–H groups in total. The maximum absolute atomic E-state index is 13.3. The number of benzene rings is 2. The van der Waals surface area contributed by atoms with E-state index in [1.54, 1.807) is 18.2 Å². The van der Waals surface area contributed by atoms with Gasteiger partial charge in [-0.2, -0.15) is 0 Å². The van der Waals surface area contributed by atoms with Crippen molar-refractivity contribution in [1.82, 2.24) is 24.5 Å². The van der Waals surface area contributed by atoms with Crippen molar-refractivity contribution < 1.29 is 14.3 Å². The molecule has 34 heavy (non-hydrogen) atoms. The van der Waals surface area contributed by atoms with Crippen LogP contribution in [0, 0.1) is 0 Å².